The zero-order valence-electron chi connectivity index (χ0n) is 11.8. The number of carbonyl (C=O) groups is 1. The van der Waals surface area contributed by atoms with Gasteiger partial charge in [0.05, 0.1) is 4.92 Å². The first-order valence-electron chi connectivity index (χ1n) is 6.45. The van der Waals surface area contributed by atoms with Crippen LogP contribution in [0.3, 0.4) is 0 Å². The SMILES string of the molecule is CC(=O)c1ccc(OCc2ccc([N+](=O)[O-])cc2)c(C)c1. The summed E-state index contributed by atoms with van der Waals surface area (Å²) in [6, 6.07) is 11.5. The quantitative estimate of drug-likeness (QED) is 0.477. The van der Waals surface area contributed by atoms with Crippen LogP contribution in [0.25, 0.3) is 0 Å². The maximum absolute atomic E-state index is 11.3. The number of aryl methyl sites for hydroxylation is 1. The van der Waals surface area contributed by atoms with Gasteiger partial charge < -0.3 is 4.74 Å². The van der Waals surface area contributed by atoms with E-state index in [0.717, 1.165) is 11.1 Å². The molecule has 5 heteroatoms. The molecular weight excluding hydrogens is 270 g/mol. The van der Waals surface area contributed by atoms with Crippen molar-refractivity contribution >= 4 is 11.5 Å². The standard InChI is InChI=1S/C16H15NO4/c1-11-9-14(12(2)18)5-8-16(11)21-10-13-3-6-15(7-4-13)17(19)20/h3-9H,10H2,1-2H3. The molecule has 0 aromatic heterocycles. The fourth-order valence-corrected chi connectivity index (χ4v) is 1.91. The first-order valence-corrected chi connectivity index (χ1v) is 6.45. The Balaban J connectivity index is 2.06. The van der Waals surface area contributed by atoms with E-state index in [0.29, 0.717) is 17.9 Å². The molecule has 0 aliphatic heterocycles. The van der Waals surface area contributed by atoms with Crippen molar-refractivity contribution in [1.29, 1.82) is 0 Å². The summed E-state index contributed by atoms with van der Waals surface area (Å²) in [4.78, 5) is 21.4. The Morgan fingerprint density at radius 2 is 1.86 bits per heavy atom. The van der Waals surface area contributed by atoms with Gasteiger partial charge in [0.2, 0.25) is 0 Å². The Labute approximate surface area is 122 Å². The van der Waals surface area contributed by atoms with Crippen LogP contribution in [0.4, 0.5) is 5.69 Å². The molecule has 0 aliphatic carbocycles. The zero-order chi connectivity index (χ0) is 15.4. The third-order valence-corrected chi connectivity index (χ3v) is 3.12. The topological polar surface area (TPSA) is 69.4 Å². The van der Waals surface area contributed by atoms with Crippen molar-refractivity contribution in [2.75, 3.05) is 0 Å². The average Bonchev–Trinajstić information content (AvgIpc) is 2.46. The minimum atomic E-state index is -0.435. The van der Waals surface area contributed by atoms with Crippen molar-refractivity contribution in [2.45, 2.75) is 20.5 Å². The number of non-ortho nitro benzene ring substituents is 1. The van der Waals surface area contributed by atoms with Crippen molar-refractivity contribution < 1.29 is 14.5 Å². The molecular formula is C16H15NO4. The molecule has 0 spiro atoms. The van der Waals surface area contributed by atoms with E-state index in [9.17, 15) is 14.9 Å². The number of carbonyl (C=O) groups excluding carboxylic acids is 1. The Kier molecular flexibility index (Phi) is 4.33. The van der Waals surface area contributed by atoms with Gasteiger partial charge in [0.1, 0.15) is 12.4 Å². The van der Waals surface area contributed by atoms with Crippen LogP contribution in [0.1, 0.15) is 28.4 Å². The maximum Gasteiger partial charge on any atom is 0.269 e. The maximum atomic E-state index is 11.3. The Hall–Kier alpha value is -2.69. The summed E-state index contributed by atoms with van der Waals surface area (Å²) >= 11 is 0. The highest BCUT2D eigenvalue weighted by atomic mass is 16.6. The second-order valence-corrected chi connectivity index (χ2v) is 4.75. The summed E-state index contributed by atoms with van der Waals surface area (Å²) in [5.74, 6) is 0.707. The van der Waals surface area contributed by atoms with Crippen LogP contribution in [0.15, 0.2) is 42.5 Å². The number of hydrogen-bond donors (Lipinski definition) is 0. The molecule has 0 unspecified atom stereocenters. The molecule has 0 amide bonds. The molecule has 0 radical (unpaired) electrons. The largest absolute Gasteiger partial charge is 0.489 e. The zero-order valence-corrected chi connectivity index (χ0v) is 11.8. The summed E-state index contributed by atoms with van der Waals surface area (Å²) < 4.78 is 5.68. The molecule has 2 aromatic carbocycles. The molecule has 0 saturated carbocycles. The van der Waals surface area contributed by atoms with Crippen LogP contribution in [-0.2, 0) is 6.61 Å². The summed E-state index contributed by atoms with van der Waals surface area (Å²) in [6.45, 7) is 3.71. The van der Waals surface area contributed by atoms with Gasteiger partial charge in [0, 0.05) is 17.7 Å². The highest BCUT2D eigenvalue weighted by molar-refractivity contribution is 5.94. The molecule has 0 aliphatic rings. The van der Waals surface area contributed by atoms with Gasteiger partial charge in [-0.1, -0.05) is 0 Å². The van der Waals surface area contributed by atoms with E-state index >= 15 is 0 Å². The van der Waals surface area contributed by atoms with Crippen molar-refractivity contribution in [3.63, 3.8) is 0 Å². The number of Topliss-reactive ketones (excluding diaryl/α,β-unsaturated/α-hetero) is 1. The lowest BCUT2D eigenvalue weighted by Crippen LogP contribution is -1.99. The Morgan fingerprint density at radius 1 is 1.19 bits per heavy atom. The molecule has 0 atom stereocenters. The molecule has 5 nitrogen and oxygen atoms in total. The fraction of sp³-hybridized carbons (Fsp3) is 0.188. The molecule has 0 saturated heterocycles. The fourth-order valence-electron chi connectivity index (χ4n) is 1.91. The lowest BCUT2D eigenvalue weighted by Gasteiger charge is -2.10. The van der Waals surface area contributed by atoms with Gasteiger partial charge in [-0.2, -0.15) is 0 Å². The molecule has 2 rings (SSSR count). The lowest BCUT2D eigenvalue weighted by molar-refractivity contribution is -0.384. The van der Waals surface area contributed by atoms with Gasteiger partial charge in [-0.05, 0) is 55.3 Å². The highest BCUT2D eigenvalue weighted by Gasteiger charge is 2.06. The first kappa shape index (κ1) is 14.7. The van der Waals surface area contributed by atoms with Gasteiger partial charge in [-0.15, -0.1) is 0 Å². The minimum Gasteiger partial charge on any atom is -0.489 e. The van der Waals surface area contributed by atoms with E-state index in [4.69, 9.17) is 4.74 Å². The highest BCUT2D eigenvalue weighted by Crippen LogP contribution is 2.21. The number of benzene rings is 2. The summed E-state index contributed by atoms with van der Waals surface area (Å²) in [7, 11) is 0. The lowest BCUT2D eigenvalue weighted by atomic mass is 10.1. The molecule has 21 heavy (non-hydrogen) atoms. The van der Waals surface area contributed by atoms with E-state index in [-0.39, 0.29) is 11.5 Å². The average molecular weight is 285 g/mol. The second kappa shape index (κ2) is 6.17. The molecule has 2 aromatic rings. The van der Waals surface area contributed by atoms with E-state index in [2.05, 4.69) is 0 Å². The monoisotopic (exact) mass is 285 g/mol. The van der Waals surface area contributed by atoms with E-state index < -0.39 is 4.92 Å². The van der Waals surface area contributed by atoms with Crippen molar-refractivity contribution in [3.8, 4) is 5.75 Å². The Bertz CT molecular complexity index is 677. The van der Waals surface area contributed by atoms with Gasteiger partial charge in [-0.3, -0.25) is 14.9 Å². The summed E-state index contributed by atoms with van der Waals surface area (Å²) in [6.07, 6.45) is 0. The second-order valence-electron chi connectivity index (χ2n) is 4.75. The molecule has 0 bridgehead atoms. The number of rotatable bonds is 5. The molecule has 0 N–H and O–H groups in total. The van der Waals surface area contributed by atoms with Crippen molar-refractivity contribution in [3.05, 3.63) is 69.3 Å². The van der Waals surface area contributed by atoms with Gasteiger partial charge >= 0.3 is 0 Å². The van der Waals surface area contributed by atoms with Crippen LogP contribution in [0.2, 0.25) is 0 Å². The number of ether oxygens (including phenoxy) is 1. The van der Waals surface area contributed by atoms with Gasteiger partial charge in [0.15, 0.2) is 5.78 Å². The third-order valence-electron chi connectivity index (χ3n) is 3.12. The van der Waals surface area contributed by atoms with Crippen LogP contribution in [0.5, 0.6) is 5.75 Å². The first-order chi connectivity index (χ1) is 9.97. The number of nitro groups is 1. The minimum absolute atomic E-state index is 0.0139. The van der Waals surface area contributed by atoms with E-state index in [1.54, 1.807) is 30.3 Å². The predicted octanol–water partition coefficient (Wildman–Crippen LogP) is 3.68. The number of hydrogen-bond acceptors (Lipinski definition) is 4. The normalized spacial score (nSPS) is 10.2. The number of nitro benzene ring substituents is 1. The number of nitrogens with zero attached hydrogens (tertiary/aromatic N) is 1. The van der Waals surface area contributed by atoms with Crippen LogP contribution in [-0.4, -0.2) is 10.7 Å². The predicted molar refractivity (Wildman–Crippen MR) is 78.6 cm³/mol. The summed E-state index contributed by atoms with van der Waals surface area (Å²) in [5.41, 5.74) is 2.43. The van der Waals surface area contributed by atoms with E-state index in [1.165, 1.54) is 19.1 Å². The van der Waals surface area contributed by atoms with Crippen LogP contribution in [0, 0.1) is 17.0 Å². The number of ketones is 1. The van der Waals surface area contributed by atoms with Gasteiger partial charge in [0.25, 0.3) is 5.69 Å². The smallest absolute Gasteiger partial charge is 0.269 e. The van der Waals surface area contributed by atoms with Crippen molar-refractivity contribution in [1.82, 2.24) is 0 Å². The van der Waals surface area contributed by atoms with Crippen LogP contribution < -0.4 is 4.74 Å². The van der Waals surface area contributed by atoms with E-state index in [1.807, 2.05) is 6.92 Å². The Morgan fingerprint density at radius 3 is 2.38 bits per heavy atom. The molecule has 0 heterocycles. The van der Waals surface area contributed by atoms with Crippen LogP contribution >= 0.6 is 0 Å². The third kappa shape index (κ3) is 3.66. The summed E-state index contributed by atoms with van der Waals surface area (Å²) in [5, 5.41) is 10.6. The molecule has 108 valence electrons. The van der Waals surface area contributed by atoms with Gasteiger partial charge in [-0.25, -0.2) is 0 Å². The van der Waals surface area contributed by atoms with Crippen molar-refractivity contribution in [2.24, 2.45) is 0 Å². The molecule has 0 fully saturated rings.